The Morgan fingerprint density at radius 3 is 2.50 bits per heavy atom. The standard InChI is InChI=1S/C18H18Cl2N2O4/c1-11-4-3-5-13(8-11)25-10-17(23)21-22-18(24)12(2)26-14-6-7-15(19)16(20)9-14/h3-9,12H,10H2,1-2H3,(H,21,23)(H,22,24). The molecule has 0 aliphatic heterocycles. The summed E-state index contributed by atoms with van der Waals surface area (Å²) in [7, 11) is 0. The molecule has 8 heteroatoms. The summed E-state index contributed by atoms with van der Waals surface area (Å²) < 4.78 is 10.8. The minimum atomic E-state index is -0.856. The van der Waals surface area contributed by atoms with Gasteiger partial charge in [0, 0.05) is 6.07 Å². The van der Waals surface area contributed by atoms with Crippen LogP contribution in [0.3, 0.4) is 0 Å². The topological polar surface area (TPSA) is 76.7 Å². The van der Waals surface area contributed by atoms with Crippen molar-refractivity contribution in [3.8, 4) is 11.5 Å². The molecule has 1 unspecified atom stereocenters. The predicted octanol–water partition coefficient (Wildman–Crippen LogP) is 3.30. The van der Waals surface area contributed by atoms with Gasteiger partial charge in [0.1, 0.15) is 11.5 Å². The molecule has 138 valence electrons. The quantitative estimate of drug-likeness (QED) is 0.734. The van der Waals surface area contributed by atoms with E-state index in [4.69, 9.17) is 32.7 Å². The first-order valence-corrected chi connectivity index (χ1v) is 8.50. The smallest absolute Gasteiger partial charge is 0.279 e. The highest BCUT2D eigenvalue weighted by molar-refractivity contribution is 6.42. The average Bonchev–Trinajstić information content (AvgIpc) is 2.61. The minimum Gasteiger partial charge on any atom is -0.484 e. The van der Waals surface area contributed by atoms with Crippen LogP contribution >= 0.6 is 23.2 Å². The highest BCUT2D eigenvalue weighted by Crippen LogP contribution is 2.26. The lowest BCUT2D eigenvalue weighted by Crippen LogP contribution is -2.48. The average molecular weight is 397 g/mol. The second-order valence-corrected chi connectivity index (χ2v) is 6.29. The molecule has 0 heterocycles. The van der Waals surface area contributed by atoms with Gasteiger partial charge >= 0.3 is 0 Å². The molecule has 2 aromatic carbocycles. The van der Waals surface area contributed by atoms with Crippen LogP contribution < -0.4 is 20.3 Å². The zero-order valence-electron chi connectivity index (χ0n) is 14.2. The first-order chi connectivity index (χ1) is 12.3. The summed E-state index contributed by atoms with van der Waals surface area (Å²) in [6.45, 7) is 3.22. The fourth-order valence-electron chi connectivity index (χ4n) is 1.93. The van der Waals surface area contributed by atoms with E-state index in [2.05, 4.69) is 10.9 Å². The molecule has 2 aromatic rings. The summed E-state index contributed by atoms with van der Waals surface area (Å²) >= 11 is 11.7. The fraction of sp³-hybridized carbons (Fsp3) is 0.222. The van der Waals surface area contributed by atoms with Gasteiger partial charge in [-0.1, -0.05) is 35.3 Å². The predicted molar refractivity (Wildman–Crippen MR) is 99.5 cm³/mol. The number of carbonyl (C=O) groups excluding carboxylic acids is 2. The molecule has 6 nitrogen and oxygen atoms in total. The van der Waals surface area contributed by atoms with E-state index in [0.717, 1.165) is 5.56 Å². The molecular formula is C18H18Cl2N2O4. The maximum absolute atomic E-state index is 12.0. The van der Waals surface area contributed by atoms with E-state index in [0.29, 0.717) is 21.5 Å². The van der Waals surface area contributed by atoms with Crippen molar-refractivity contribution in [3.63, 3.8) is 0 Å². The van der Waals surface area contributed by atoms with Crippen LogP contribution in [-0.2, 0) is 9.59 Å². The van der Waals surface area contributed by atoms with Gasteiger partial charge in [0.05, 0.1) is 10.0 Å². The molecule has 26 heavy (non-hydrogen) atoms. The van der Waals surface area contributed by atoms with Crippen LogP contribution in [-0.4, -0.2) is 24.5 Å². The summed E-state index contributed by atoms with van der Waals surface area (Å²) in [5.41, 5.74) is 5.56. The van der Waals surface area contributed by atoms with Gasteiger partial charge in [0.15, 0.2) is 12.7 Å². The molecule has 0 aliphatic carbocycles. The number of ether oxygens (including phenoxy) is 2. The Kier molecular flexibility index (Phi) is 7.12. The van der Waals surface area contributed by atoms with Gasteiger partial charge in [-0.15, -0.1) is 0 Å². The summed E-state index contributed by atoms with van der Waals surface area (Å²) in [4.78, 5) is 23.7. The molecule has 0 bridgehead atoms. The summed E-state index contributed by atoms with van der Waals surface area (Å²) in [6.07, 6.45) is -0.856. The molecule has 0 saturated carbocycles. The van der Waals surface area contributed by atoms with Crippen molar-refractivity contribution in [1.82, 2.24) is 10.9 Å². The maximum atomic E-state index is 12.0. The lowest BCUT2D eigenvalue weighted by molar-refractivity contribution is -0.133. The van der Waals surface area contributed by atoms with Gasteiger partial charge in [-0.3, -0.25) is 20.4 Å². The highest BCUT2D eigenvalue weighted by atomic mass is 35.5. The normalized spacial score (nSPS) is 11.4. The van der Waals surface area contributed by atoms with E-state index in [1.165, 1.54) is 13.0 Å². The zero-order valence-corrected chi connectivity index (χ0v) is 15.7. The molecule has 0 saturated heterocycles. The van der Waals surface area contributed by atoms with E-state index >= 15 is 0 Å². The first kappa shape index (κ1) is 19.9. The Morgan fingerprint density at radius 2 is 1.81 bits per heavy atom. The number of aryl methyl sites for hydroxylation is 1. The number of amides is 2. The molecular weight excluding hydrogens is 379 g/mol. The van der Waals surface area contributed by atoms with Crippen LogP contribution in [0.2, 0.25) is 10.0 Å². The number of rotatable bonds is 6. The molecule has 0 fully saturated rings. The monoisotopic (exact) mass is 396 g/mol. The number of hydrogen-bond donors (Lipinski definition) is 2. The highest BCUT2D eigenvalue weighted by Gasteiger charge is 2.16. The lowest BCUT2D eigenvalue weighted by atomic mass is 10.2. The largest absolute Gasteiger partial charge is 0.484 e. The number of nitrogens with one attached hydrogen (secondary N) is 2. The molecule has 0 aromatic heterocycles. The summed E-state index contributed by atoms with van der Waals surface area (Å²) in [6, 6.07) is 11.9. The Labute approximate surface area is 161 Å². The molecule has 0 aliphatic rings. The maximum Gasteiger partial charge on any atom is 0.279 e. The van der Waals surface area contributed by atoms with Crippen molar-refractivity contribution in [2.75, 3.05) is 6.61 Å². The summed E-state index contributed by atoms with van der Waals surface area (Å²) in [5, 5.41) is 0.704. The Morgan fingerprint density at radius 1 is 1.04 bits per heavy atom. The second kappa shape index (κ2) is 9.31. The summed E-state index contributed by atoms with van der Waals surface area (Å²) in [5.74, 6) is -0.0690. The zero-order chi connectivity index (χ0) is 19.1. The van der Waals surface area contributed by atoms with Crippen LogP contribution in [0.25, 0.3) is 0 Å². The molecule has 1 atom stereocenters. The third kappa shape index (κ3) is 6.13. The van der Waals surface area contributed by atoms with Crippen LogP contribution in [0.15, 0.2) is 42.5 Å². The Hall–Kier alpha value is -2.44. The number of benzene rings is 2. The Balaban J connectivity index is 1.76. The van der Waals surface area contributed by atoms with Gasteiger partial charge in [-0.2, -0.15) is 0 Å². The lowest BCUT2D eigenvalue weighted by Gasteiger charge is -2.15. The van der Waals surface area contributed by atoms with Gasteiger partial charge in [-0.05, 0) is 43.7 Å². The van der Waals surface area contributed by atoms with E-state index in [-0.39, 0.29) is 6.61 Å². The van der Waals surface area contributed by atoms with Crippen molar-refractivity contribution in [1.29, 1.82) is 0 Å². The van der Waals surface area contributed by atoms with E-state index < -0.39 is 17.9 Å². The molecule has 0 radical (unpaired) electrons. The van der Waals surface area contributed by atoms with Crippen molar-refractivity contribution < 1.29 is 19.1 Å². The van der Waals surface area contributed by atoms with E-state index in [1.807, 2.05) is 19.1 Å². The van der Waals surface area contributed by atoms with Crippen molar-refractivity contribution in [2.45, 2.75) is 20.0 Å². The van der Waals surface area contributed by atoms with Crippen molar-refractivity contribution in [2.24, 2.45) is 0 Å². The first-order valence-electron chi connectivity index (χ1n) is 7.75. The van der Waals surface area contributed by atoms with Crippen molar-refractivity contribution in [3.05, 3.63) is 58.1 Å². The second-order valence-electron chi connectivity index (χ2n) is 5.48. The number of carbonyl (C=O) groups is 2. The van der Waals surface area contributed by atoms with E-state index in [1.54, 1.807) is 24.3 Å². The van der Waals surface area contributed by atoms with Crippen molar-refractivity contribution >= 4 is 35.0 Å². The van der Waals surface area contributed by atoms with Crippen LogP contribution in [0.1, 0.15) is 12.5 Å². The van der Waals surface area contributed by atoms with Crippen LogP contribution in [0.4, 0.5) is 0 Å². The van der Waals surface area contributed by atoms with E-state index in [9.17, 15) is 9.59 Å². The Bertz CT molecular complexity index is 799. The van der Waals surface area contributed by atoms with Gasteiger partial charge in [0.2, 0.25) is 0 Å². The van der Waals surface area contributed by atoms with Gasteiger partial charge in [-0.25, -0.2) is 0 Å². The van der Waals surface area contributed by atoms with Gasteiger partial charge < -0.3 is 9.47 Å². The van der Waals surface area contributed by atoms with Crippen LogP contribution in [0.5, 0.6) is 11.5 Å². The SMILES string of the molecule is Cc1cccc(OCC(=O)NNC(=O)C(C)Oc2ccc(Cl)c(Cl)c2)c1. The number of halogens is 2. The van der Waals surface area contributed by atoms with Crippen LogP contribution in [0, 0.1) is 6.92 Å². The number of hydrogen-bond acceptors (Lipinski definition) is 4. The molecule has 2 N–H and O–H groups in total. The third-order valence-electron chi connectivity index (χ3n) is 3.26. The molecule has 0 spiro atoms. The number of hydrazine groups is 1. The third-order valence-corrected chi connectivity index (χ3v) is 4.00. The van der Waals surface area contributed by atoms with Gasteiger partial charge in [0.25, 0.3) is 11.8 Å². The minimum absolute atomic E-state index is 0.230. The fourth-order valence-corrected chi connectivity index (χ4v) is 2.22. The molecule has 2 rings (SSSR count). The molecule has 2 amide bonds.